The topological polar surface area (TPSA) is 102 Å². The highest BCUT2D eigenvalue weighted by Gasteiger charge is 2.33. The molecule has 1 aliphatic heterocycles. The number of hydrogen-bond acceptors (Lipinski definition) is 8. The van der Waals surface area contributed by atoms with E-state index in [2.05, 4.69) is 30.3 Å². The lowest BCUT2D eigenvalue weighted by Crippen LogP contribution is -2.54. The Morgan fingerprint density at radius 1 is 1.14 bits per heavy atom. The molecular weight excluding hydrogens is 472 g/mol. The predicted octanol–water partition coefficient (Wildman–Crippen LogP) is 4.19. The molecule has 35 heavy (non-hydrogen) atoms. The third kappa shape index (κ3) is 6.05. The number of alkyl halides is 3. The number of benzene rings is 2. The molecule has 1 aliphatic rings. The maximum Gasteiger partial charge on any atom is 0.573 e. The van der Waals surface area contributed by atoms with Crippen LogP contribution in [0.15, 0.2) is 42.7 Å². The second-order valence-corrected chi connectivity index (χ2v) is 7.68. The number of carbonyl (C=O) groups excluding carboxylic acids is 1. The Balaban J connectivity index is 1.36. The Bertz CT molecular complexity index is 1230. The van der Waals surface area contributed by atoms with Crippen molar-refractivity contribution in [3.8, 4) is 11.5 Å². The average molecular weight is 492 g/mol. The van der Waals surface area contributed by atoms with Crippen molar-refractivity contribution in [3.05, 3.63) is 54.1 Å². The van der Waals surface area contributed by atoms with Crippen molar-refractivity contribution < 1.29 is 31.8 Å². The van der Waals surface area contributed by atoms with E-state index in [1.807, 2.05) is 13.0 Å². The molecule has 13 heteroatoms. The molecule has 0 saturated carbocycles. The standard InChI is InChI=1S/C22H20F4N6O3/c1-12-17(29-13(2)33)4-3-5-18(12)30-20-27-11-28-21(31-20)32-9-15(10-32)34-14-6-7-19(16(23)8-14)35-22(24,25)26/h3-8,11,15H,9-10H2,1-2H3,(H,29,33)(H,27,28,30,31). The Morgan fingerprint density at radius 2 is 1.89 bits per heavy atom. The normalized spacial score (nSPS) is 13.7. The van der Waals surface area contributed by atoms with E-state index >= 15 is 0 Å². The van der Waals surface area contributed by atoms with Crippen LogP contribution in [0, 0.1) is 12.7 Å². The van der Waals surface area contributed by atoms with Gasteiger partial charge in [-0.1, -0.05) is 6.07 Å². The third-order valence-electron chi connectivity index (χ3n) is 5.01. The molecule has 1 aromatic heterocycles. The molecule has 2 heterocycles. The van der Waals surface area contributed by atoms with Gasteiger partial charge in [-0.05, 0) is 36.8 Å². The lowest BCUT2D eigenvalue weighted by molar-refractivity contribution is -0.275. The molecule has 0 spiro atoms. The first-order chi connectivity index (χ1) is 16.6. The number of nitrogens with zero attached hydrogens (tertiary/aromatic N) is 4. The molecule has 3 aromatic rings. The number of amides is 1. The molecule has 4 rings (SSSR count). The highest BCUT2D eigenvalue weighted by atomic mass is 19.4. The second kappa shape index (κ2) is 9.60. The van der Waals surface area contributed by atoms with Crippen LogP contribution in [0.1, 0.15) is 12.5 Å². The quantitative estimate of drug-likeness (QED) is 0.474. The molecule has 1 saturated heterocycles. The van der Waals surface area contributed by atoms with Gasteiger partial charge in [-0.25, -0.2) is 14.4 Å². The van der Waals surface area contributed by atoms with Crippen molar-refractivity contribution in [3.63, 3.8) is 0 Å². The summed E-state index contributed by atoms with van der Waals surface area (Å²) in [6.07, 6.45) is -3.97. The molecule has 1 amide bonds. The zero-order chi connectivity index (χ0) is 25.2. The van der Waals surface area contributed by atoms with Crippen LogP contribution >= 0.6 is 0 Å². The molecule has 2 aromatic carbocycles. The summed E-state index contributed by atoms with van der Waals surface area (Å²) in [5, 5.41) is 5.86. The average Bonchev–Trinajstić information content (AvgIpc) is 2.74. The fourth-order valence-electron chi connectivity index (χ4n) is 3.35. The molecule has 0 bridgehead atoms. The van der Waals surface area contributed by atoms with Crippen molar-refractivity contribution in [1.82, 2.24) is 15.0 Å². The van der Waals surface area contributed by atoms with Gasteiger partial charge in [0.25, 0.3) is 0 Å². The number of rotatable bonds is 7. The maximum absolute atomic E-state index is 13.9. The Hall–Kier alpha value is -4.16. The first-order valence-electron chi connectivity index (χ1n) is 10.4. The summed E-state index contributed by atoms with van der Waals surface area (Å²) in [6.45, 7) is 4.03. The van der Waals surface area contributed by atoms with Crippen LogP contribution in [0.2, 0.25) is 0 Å². The van der Waals surface area contributed by atoms with Crippen molar-refractivity contribution >= 4 is 29.2 Å². The van der Waals surface area contributed by atoms with Crippen molar-refractivity contribution in [2.75, 3.05) is 28.6 Å². The summed E-state index contributed by atoms with van der Waals surface area (Å²) in [5.41, 5.74) is 2.17. The summed E-state index contributed by atoms with van der Waals surface area (Å²) in [6, 6.07) is 8.29. The van der Waals surface area contributed by atoms with Gasteiger partial charge in [-0.3, -0.25) is 4.79 Å². The molecule has 2 N–H and O–H groups in total. The summed E-state index contributed by atoms with van der Waals surface area (Å²) >= 11 is 0. The van der Waals surface area contributed by atoms with Crippen LogP contribution < -0.4 is 25.0 Å². The van der Waals surface area contributed by atoms with Crippen LogP contribution in [0.4, 0.5) is 40.8 Å². The minimum absolute atomic E-state index is 0.0780. The van der Waals surface area contributed by atoms with E-state index in [-0.39, 0.29) is 17.8 Å². The summed E-state index contributed by atoms with van der Waals surface area (Å²) < 4.78 is 59.9. The molecule has 0 aliphatic carbocycles. The second-order valence-electron chi connectivity index (χ2n) is 7.68. The highest BCUT2D eigenvalue weighted by Crippen LogP contribution is 2.30. The number of aromatic nitrogens is 3. The van der Waals surface area contributed by atoms with Gasteiger partial charge >= 0.3 is 6.36 Å². The maximum atomic E-state index is 13.9. The van der Waals surface area contributed by atoms with E-state index in [0.29, 0.717) is 36.4 Å². The third-order valence-corrected chi connectivity index (χ3v) is 5.01. The van der Waals surface area contributed by atoms with Gasteiger partial charge in [-0.2, -0.15) is 4.98 Å². The van der Waals surface area contributed by atoms with Crippen LogP contribution in [0.25, 0.3) is 0 Å². The first-order valence-corrected chi connectivity index (χ1v) is 10.4. The molecule has 0 radical (unpaired) electrons. The van der Waals surface area contributed by atoms with E-state index in [1.54, 1.807) is 17.0 Å². The number of ether oxygens (including phenoxy) is 2. The van der Waals surface area contributed by atoms with E-state index in [4.69, 9.17) is 4.74 Å². The molecular formula is C22H20F4N6O3. The Labute approximate surface area is 197 Å². The van der Waals surface area contributed by atoms with Gasteiger partial charge in [0.05, 0.1) is 13.1 Å². The number of carbonyl (C=O) groups is 1. The molecule has 1 fully saturated rings. The largest absolute Gasteiger partial charge is 0.573 e. The SMILES string of the molecule is CC(=O)Nc1cccc(Nc2ncnc(N3CC(Oc4ccc(OC(F)(F)F)c(F)c4)C3)n2)c1C. The summed E-state index contributed by atoms with van der Waals surface area (Å²) in [5.74, 6) is -1.53. The number of nitrogens with one attached hydrogen (secondary N) is 2. The van der Waals surface area contributed by atoms with Crippen molar-refractivity contribution in [1.29, 1.82) is 0 Å². The Morgan fingerprint density at radius 3 is 2.57 bits per heavy atom. The van der Waals surface area contributed by atoms with E-state index < -0.39 is 17.9 Å². The lowest BCUT2D eigenvalue weighted by atomic mass is 10.1. The van der Waals surface area contributed by atoms with Gasteiger partial charge in [0, 0.05) is 24.4 Å². The Kier molecular flexibility index (Phi) is 6.58. The molecule has 9 nitrogen and oxygen atoms in total. The van der Waals surface area contributed by atoms with Crippen LogP contribution in [0.3, 0.4) is 0 Å². The van der Waals surface area contributed by atoms with Crippen molar-refractivity contribution in [2.24, 2.45) is 0 Å². The fraction of sp³-hybridized carbons (Fsp3) is 0.273. The first kappa shape index (κ1) is 24.0. The van der Waals surface area contributed by atoms with E-state index in [0.717, 1.165) is 17.7 Å². The van der Waals surface area contributed by atoms with Crippen LogP contribution in [-0.4, -0.2) is 46.4 Å². The number of halogens is 4. The smallest absolute Gasteiger partial charge is 0.487 e. The van der Waals surface area contributed by atoms with Crippen LogP contribution in [0.5, 0.6) is 11.5 Å². The summed E-state index contributed by atoms with van der Waals surface area (Å²) in [7, 11) is 0. The minimum Gasteiger partial charge on any atom is -0.487 e. The number of hydrogen-bond donors (Lipinski definition) is 2. The molecule has 184 valence electrons. The van der Waals surface area contributed by atoms with Gasteiger partial charge in [0.1, 0.15) is 18.2 Å². The highest BCUT2D eigenvalue weighted by molar-refractivity contribution is 5.90. The number of anilines is 4. The van der Waals surface area contributed by atoms with E-state index in [9.17, 15) is 22.4 Å². The molecule has 0 atom stereocenters. The molecule has 0 unspecified atom stereocenters. The monoisotopic (exact) mass is 492 g/mol. The van der Waals surface area contributed by atoms with Gasteiger partial charge in [-0.15, -0.1) is 13.2 Å². The zero-order valence-corrected chi connectivity index (χ0v) is 18.6. The summed E-state index contributed by atoms with van der Waals surface area (Å²) in [4.78, 5) is 25.8. The predicted molar refractivity (Wildman–Crippen MR) is 118 cm³/mol. The van der Waals surface area contributed by atoms with Gasteiger partial charge in [0.2, 0.25) is 17.8 Å². The van der Waals surface area contributed by atoms with Gasteiger partial charge < -0.3 is 25.0 Å². The van der Waals surface area contributed by atoms with Crippen LogP contribution in [-0.2, 0) is 4.79 Å². The minimum atomic E-state index is -4.98. The van der Waals surface area contributed by atoms with E-state index in [1.165, 1.54) is 19.3 Å². The van der Waals surface area contributed by atoms with Gasteiger partial charge in [0.15, 0.2) is 11.6 Å². The van der Waals surface area contributed by atoms with Crippen molar-refractivity contribution in [2.45, 2.75) is 26.3 Å². The zero-order valence-electron chi connectivity index (χ0n) is 18.6. The fourth-order valence-corrected chi connectivity index (χ4v) is 3.35. The lowest BCUT2D eigenvalue weighted by Gasteiger charge is -2.38.